The highest BCUT2D eigenvalue weighted by atomic mass is 35.5. The Bertz CT molecular complexity index is 1200. The summed E-state index contributed by atoms with van der Waals surface area (Å²) in [5.41, 5.74) is -0.711. The maximum atomic E-state index is 14.2. The predicted molar refractivity (Wildman–Crippen MR) is 158 cm³/mol. The topological polar surface area (TPSA) is 94.2 Å². The average Bonchev–Trinajstić information content (AvgIpc) is 3.57. The first kappa shape index (κ1) is 28.9. The molecule has 9 nitrogen and oxygen atoms in total. The van der Waals surface area contributed by atoms with E-state index in [0.29, 0.717) is 22.3 Å². The lowest BCUT2D eigenvalue weighted by Gasteiger charge is -2.35. The van der Waals surface area contributed by atoms with Gasteiger partial charge in [-0.3, -0.25) is 14.4 Å². The Morgan fingerprint density at radius 1 is 1.00 bits per heavy atom. The minimum Gasteiger partial charge on any atom is -0.359 e. The molecule has 6 rings (SSSR count). The molecule has 4 heterocycles. The molecule has 3 amide bonds. The average molecular weight is 605 g/mol. The molecule has 1 aromatic rings. The minimum absolute atomic E-state index is 0.100. The number of carbonyl (C=O) groups is 3. The molecule has 1 saturated carbocycles. The van der Waals surface area contributed by atoms with E-state index in [1.54, 1.807) is 23.1 Å². The number of carbonyl (C=O) groups excluding carboxylic acids is 3. The van der Waals surface area contributed by atoms with Crippen LogP contribution in [0.1, 0.15) is 38.5 Å². The Morgan fingerprint density at radius 3 is 2.41 bits per heavy atom. The Morgan fingerprint density at radius 2 is 1.71 bits per heavy atom. The number of halogens is 2. The molecule has 1 aromatic carbocycles. The Labute approximate surface area is 251 Å². The summed E-state index contributed by atoms with van der Waals surface area (Å²) in [6, 6.07) is 4.11. The second kappa shape index (κ2) is 11.8. The molecule has 0 unspecified atom stereocenters. The number of ether oxygens (including phenoxy) is 1. The van der Waals surface area contributed by atoms with E-state index < -0.39 is 29.6 Å². The smallest absolute Gasteiger partial charge is 0.246 e. The molecular weight excluding hydrogens is 565 g/mol. The summed E-state index contributed by atoms with van der Waals surface area (Å²) in [7, 11) is 2.13. The molecule has 1 spiro atoms. The number of likely N-dealkylation sites (N-methyl/N-ethyl adjacent to an activating group) is 1. The number of likely N-dealkylation sites (tertiary alicyclic amines) is 1. The van der Waals surface area contributed by atoms with Crippen LogP contribution in [0, 0.1) is 11.8 Å². The van der Waals surface area contributed by atoms with Crippen molar-refractivity contribution in [2.24, 2.45) is 11.8 Å². The van der Waals surface area contributed by atoms with Crippen molar-refractivity contribution < 1.29 is 19.1 Å². The van der Waals surface area contributed by atoms with E-state index in [2.05, 4.69) is 27.5 Å². The van der Waals surface area contributed by atoms with Crippen LogP contribution in [0.2, 0.25) is 10.0 Å². The second-order valence-corrected chi connectivity index (χ2v) is 13.1. The third-order valence-corrected chi connectivity index (χ3v) is 9.91. The molecular formula is C30H39Cl2N5O4. The van der Waals surface area contributed by atoms with Gasteiger partial charge in [0.15, 0.2) is 0 Å². The minimum atomic E-state index is -1.16. The molecule has 41 heavy (non-hydrogen) atoms. The highest BCUT2D eigenvalue weighted by Crippen LogP contribution is 2.55. The zero-order chi connectivity index (χ0) is 28.7. The number of hydrogen-bond donors (Lipinski definition) is 2. The first-order valence-electron chi connectivity index (χ1n) is 14.9. The molecule has 0 radical (unpaired) electrons. The van der Waals surface area contributed by atoms with Crippen LogP contribution in [0.3, 0.4) is 0 Å². The molecule has 3 saturated heterocycles. The molecule has 222 valence electrons. The van der Waals surface area contributed by atoms with E-state index in [0.717, 1.165) is 64.8 Å². The molecule has 5 aliphatic rings. The summed E-state index contributed by atoms with van der Waals surface area (Å²) in [5, 5.41) is 6.94. The third kappa shape index (κ3) is 5.64. The largest absolute Gasteiger partial charge is 0.359 e. The lowest BCUT2D eigenvalue weighted by molar-refractivity contribution is -0.141. The van der Waals surface area contributed by atoms with Crippen molar-refractivity contribution in [3.8, 4) is 0 Å². The van der Waals surface area contributed by atoms with Gasteiger partial charge in [0.1, 0.15) is 11.6 Å². The van der Waals surface area contributed by atoms with Crippen LogP contribution in [0.15, 0.2) is 30.4 Å². The molecule has 2 bridgehead atoms. The summed E-state index contributed by atoms with van der Waals surface area (Å²) >= 11 is 12.3. The number of anilines is 1. The van der Waals surface area contributed by atoms with Gasteiger partial charge in [-0.1, -0.05) is 54.6 Å². The number of nitrogens with one attached hydrogen (secondary N) is 2. The molecule has 2 N–H and O–H groups in total. The molecule has 5 atom stereocenters. The summed E-state index contributed by atoms with van der Waals surface area (Å²) in [5.74, 6) is -2.26. The monoisotopic (exact) mass is 603 g/mol. The van der Waals surface area contributed by atoms with Gasteiger partial charge in [0.25, 0.3) is 0 Å². The van der Waals surface area contributed by atoms with E-state index >= 15 is 0 Å². The molecule has 4 fully saturated rings. The van der Waals surface area contributed by atoms with E-state index in [1.165, 1.54) is 6.42 Å². The fraction of sp³-hybridized carbons (Fsp3) is 0.633. The maximum absolute atomic E-state index is 14.2. The highest BCUT2D eigenvalue weighted by molar-refractivity contribution is 6.35. The first-order chi connectivity index (χ1) is 19.7. The summed E-state index contributed by atoms with van der Waals surface area (Å²) < 4.78 is 6.47. The SMILES string of the molecule is CN1CCN(CCCN2C(=O)[C@@H]3[C@@H](C(=O)Nc4cc(Cl)cc(Cl)c4)[C@@H]4C=C[C@@]3(O4)[C@@H]2C(=O)NC2CCCCC2)CC1. The van der Waals surface area contributed by atoms with Crippen molar-refractivity contribution in [1.29, 1.82) is 0 Å². The van der Waals surface area contributed by atoms with Crippen LogP contribution in [0.4, 0.5) is 5.69 Å². The van der Waals surface area contributed by atoms with Crippen molar-refractivity contribution in [1.82, 2.24) is 20.0 Å². The fourth-order valence-electron chi connectivity index (χ4n) is 7.42. The van der Waals surface area contributed by atoms with Crippen LogP contribution in [0.5, 0.6) is 0 Å². The van der Waals surface area contributed by atoms with Crippen molar-refractivity contribution in [2.45, 2.75) is 62.3 Å². The van der Waals surface area contributed by atoms with Gasteiger partial charge in [-0.2, -0.15) is 0 Å². The number of amides is 3. The number of piperazine rings is 1. The summed E-state index contributed by atoms with van der Waals surface area (Å²) in [6.45, 7) is 5.32. The Balaban J connectivity index is 1.23. The Hall–Kier alpha value is -2.17. The summed E-state index contributed by atoms with van der Waals surface area (Å²) in [6.07, 6.45) is 9.11. The fourth-order valence-corrected chi connectivity index (χ4v) is 7.95. The van der Waals surface area contributed by atoms with E-state index in [1.807, 2.05) is 12.2 Å². The van der Waals surface area contributed by atoms with Crippen LogP contribution < -0.4 is 10.6 Å². The van der Waals surface area contributed by atoms with Gasteiger partial charge in [-0.25, -0.2) is 0 Å². The van der Waals surface area contributed by atoms with Gasteiger partial charge in [0.05, 0.1) is 17.9 Å². The zero-order valence-electron chi connectivity index (χ0n) is 23.5. The lowest BCUT2D eigenvalue weighted by Crippen LogP contribution is -2.56. The number of rotatable bonds is 8. The summed E-state index contributed by atoms with van der Waals surface area (Å²) in [4.78, 5) is 48.2. The van der Waals surface area contributed by atoms with Crippen LogP contribution >= 0.6 is 23.2 Å². The van der Waals surface area contributed by atoms with Gasteiger partial charge in [-0.05, 0) is 51.1 Å². The molecule has 4 aliphatic heterocycles. The van der Waals surface area contributed by atoms with Crippen molar-refractivity contribution in [3.05, 3.63) is 40.4 Å². The van der Waals surface area contributed by atoms with Crippen molar-refractivity contribution in [3.63, 3.8) is 0 Å². The molecule has 1 aliphatic carbocycles. The van der Waals surface area contributed by atoms with Crippen LogP contribution in [-0.4, -0.2) is 103 Å². The van der Waals surface area contributed by atoms with Crippen molar-refractivity contribution in [2.75, 3.05) is 51.6 Å². The van der Waals surface area contributed by atoms with Gasteiger partial charge in [-0.15, -0.1) is 0 Å². The highest BCUT2D eigenvalue weighted by Gasteiger charge is 2.72. The number of fused-ring (bicyclic) bond motifs is 1. The van der Waals surface area contributed by atoms with Gasteiger partial charge >= 0.3 is 0 Å². The number of nitrogens with zero attached hydrogens (tertiary/aromatic N) is 3. The van der Waals surface area contributed by atoms with Gasteiger partial charge in [0, 0.05) is 54.5 Å². The zero-order valence-corrected chi connectivity index (χ0v) is 25.0. The first-order valence-corrected chi connectivity index (χ1v) is 15.7. The van der Waals surface area contributed by atoms with Gasteiger partial charge < -0.3 is 30.1 Å². The second-order valence-electron chi connectivity index (χ2n) is 12.2. The van der Waals surface area contributed by atoms with Crippen LogP contribution in [-0.2, 0) is 19.1 Å². The number of benzene rings is 1. The van der Waals surface area contributed by atoms with E-state index in [9.17, 15) is 14.4 Å². The third-order valence-electron chi connectivity index (χ3n) is 9.48. The quantitative estimate of drug-likeness (QED) is 0.443. The number of hydrogen-bond acceptors (Lipinski definition) is 6. The van der Waals surface area contributed by atoms with Gasteiger partial charge in [0.2, 0.25) is 17.7 Å². The molecule has 0 aromatic heterocycles. The molecule has 11 heteroatoms. The normalized spacial score (nSPS) is 32.0. The van der Waals surface area contributed by atoms with E-state index in [4.69, 9.17) is 27.9 Å². The maximum Gasteiger partial charge on any atom is 0.246 e. The van der Waals surface area contributed by atoms with Crippen molar-refractivity contribution >= 4 is 46.6 Å². The van der Waals surface area contributed by atoms with Crippen LogP contribution in [0.25, 0.3) is 0 Å². The Kier molecular flexibility index (Phi) is 8.35. The standard InChI is InChI=1S/C30H39Cl2N5O4/c1-35-12-14-36(15-13-35)10-5-11-37-26(28(39)33-21-6-3-2-4-7-21)30-9-8-23(41-30)24(25(30)29(37)40)27(38)34-22-17-19(31)16-20(32)18-22/h8-9,16-18,21,23-26H,2-7,10-15H2,1H3,(H,33,39)(H,34,38)/t23-,24-,25-,26-,30-/m0/s1. The predicted octanol–water partition coefficient (Wildman–Crippen LogP) is 3.17. The lowest BCUT2D eigenvalue weighted by atomic mass is 9.74. The van der Waals surface area contributed by atoms with E-state index in [-0.39, 0.29) is 23.8 Å².